The number of piperidine rings is 1. The number of hydrogen-bond acceptors (Lipinski definition) is 4. The van der Waals surface area contributed by atoms with Crippen LogP contribution in [0.15, 0.2) is 41.8 Å². The summed E-state index contributed by atoms with van der Waals surface area (Å²) >= 11 is 1.84. The lowest BCUT2D eigenvalue weighted by Crippen LogP contribution is -2.42. The van der Waals surface area contributed by atoms with Crippen molar-refractivity contribution in [2.75, 3.05) is 31.5 Å². The molecule has 0 atom stereocenters. The first-order valence-electron chi connectivity index (χ1n) is 9.03. The molecule has 0 radical (unpaired) electrons. The number of nitrogens with one attached hydrogen (secondary N) is 2. The summed E-state index contributed by atoms with van der Waals surface area (Å²) < 4.78 is 0. The summed E-state index contributed by atoms with van der Waals surface area (Å²) in [5.74, 6) is -0.534. The molecule has 1 fully saturated rings. The Hall–Kier alpha value is -2.18. The number of likely N-dealkylation sites (tertiary alicyclic amines) is 1. The van der Waals surface area contributed by atoms with Gasteiger partial charge in [0.25, 0.3) is 0 Å². The van der Waals surface area contributed by atoms with Crippen molar-refractivity contribution in [2.24, 2.45) is 0 Å². The molecule has 5 nitrogen and oxygen atoms in total. The van der Waals surface area contributed by atoms with Crippen LogP contribution < -0.4 is 10.6 Å². The van der Waals surface area contributed by atoms with Crippen LogP contribution in [0.4, 0.5) is 5.69 Å². The third-order valence-electron chi connectivity index (χ3n) is 4.73. The first-order chi connectivity index (χ1) is 12.6. The van der Waals surface area contributed by atoms with E-state index >= 15 is 0 Å². The van der Waals surface area contributed by atoms with Gasteiger partial charge in [0, 0.05) is 23.7 Å². The number of amides is 2. The fourth-order valence-electron chi connectivity index (χ4n) is 3.28. The van der Waals surface area contributed by atoms with Gasteiger partial charge in [-0.3, -0.25) is 9.59 Å². The summed E-state index contributed by atoms with van der Waals surface area (Å²) in [5, 5.41) is 7.48. The topological polar surface area (TPSA) is 61.4 Å². The van der Waals surface area contributed by atoms with Crippen LogP contribution in [-0.4, -0.2) is 42.9 Å². The van der Waals surface area contributed by atoms with Gasteiger partial charge in [-0.25, -0.2) is 0 Å². The third kappa shape index (κ3) is 5.16. The van der Waals surface area contributed by atoms with E-state index in [4.69, 9.17) is 0 Å². The maximum absolute atomic E-state index is 11.9. The molecule has 1 aliphatic rings. The summed E-state index contributed by atoms with van der Waals surface area (Å²) in [6.45, 7) is 5.28. The Morgan fingerprint density at radius 3 is 2.65 bits per heavy atom. The highest BCUT2D eigenvalue weighted by Crippen LogP contribution is 2.30. The smallest absolute Gasteiger partial charge is 0.313 e. The fourth-order valence-corrected chi connectivity index (χ4v) is 4.18. The van der Waals surface area contributed by atoms with Gasteiger partial charge in [-0.2, -0.15) is 0 Å². The van der Waals surface area contributed by atoms with E-state index in [1.807, 2.05) is 36.5 Å². The number of carbonyl (C=O) groups is 2. The Bertz CT molecular complexity index is 737. The van der Waals surface area contributed by atoms with Gasteiger partial charge in [-0.05, 0) is 67.9 Å². The Labute approximate surface area is 158 Å². The summed E-state index contributed by atoms with van der Waals surface area (Å²) in [7, 11) is 0. The molecule has 0 bridgehead atoms. The van der Waals surface area contributed by atoms with Gasteiger partial charge in [0.15, 0.2) is 0 Å². The molecule has 138 valence electrons. The van der Waals surface area contributed by atoms with Crippen LogP contribution in [0.3, 0.4) is 0 Å². The first-order valence-corrected chi connectivity index (χ1v) is 9.91. The van der Waals surface area contributed by atoms with Crippen LogP contribution in [0, 0.1) is 6.92 Å². The second-order valence-corrected chi connectivity index (χ2v) is 7.69. The third-order valence-corrected chi connectivity index (χ3v) is 5.76. The average molecular weight is 372 g/mol. The molecule has 1 aromatic carbocycles. The van der Waals surface area contributed by atoms with E-state index in [-0.39, 0.29) is 0 Å². The van der Waals surface area contributed by atoms with Gasteiger partial charge in [0.05, 0.1) is 0 Å². The van der Waals surface area contributed by atoms with Crippen LogP contribution in [-0.2, 0) is 9.59 Å². The largest absolute Gasteiger partial charge is 0.347 e. The molecule has 0 unspecified atom stereocenters. The minimum absolute atomic E-state index is 0.490. The van der Waals surface area contributed by atoms with Crippen LogP contribution in [0.2, 0.25) is 0 Å². The number of benzene rings is 1. The molecule has 26 heavy (non-hydrogen) atoms. The fraction of sp³-hybridized carbons (Fsp3) is 0.400. The number of hydrogen-bond donors (Lipinski definition) is 2. The highest BCUT2D eigenvalue weighted by atomic mass is 32.1. The summed E-state index contributed by atoms with van der Waals surface area (Å²) in [6.07, 6.45) is 2.31. The maximum atomic E-state index is 11.9. The van der Waals surface area contributed by atoms with Crippen molar-refractivity contribution >= 4 is 28.8 Å². The normalized spacial score (nSPS) is 15.6. The number of carbonyl (C=O) groups excluding carboxylic acids is 2. The highest BCUT2D eigenvalue weighted by molar-refractivity contribution is 7.10. The quantitative estimate of drug-likeness (QED) is 0.795. The Kier molecular flexibility index (Phi) is 6.41. The zero-order valence-corrected chi connectivity index (χ0v) is 15.8. The van der Waals surface area contributed by atoms with Gasteiger partial charge in [0.1, 0.15) is 0 Å². The predicted octanol–water partition coefficient (Wildman–Crippen LogP) is 2.99. The number of anilines is 1. The van der Waals surface area contributed by atoms with E-state index in [2.05, 4.69) is 33.0 Å². The molecule has 1 aliphatic heterocycles. The van der Waals surface area contributed by atoms with Crippen molar-refractivity contribution in [3.8, 4) is 0 Å². The van der Waals surface area contributed by atoms with Crippen LogP contribution in [0.5, 0.6) is 0 Å². The lowest BCUT2D eigenvalue weighted by atomic mass is 9.95. The SMILES string of the molecule is Cc1cccc(NC(=O)C(=O)NCCN2CCC(c3cccs3)CC2)c1. The second kappa shape index (κ2) is 8.96. The van der Waals surface area contributed by atoms with E-state index < -0.39 is 11.8 Å². The average Bonchev–Trinajstić information content (AvgIpc) is 3.17. The maximum Gasteiger partial charge on any atom is 0.313 e. The van der Waals surface area contributed by atoms with Gasteiger partial charge >= 0.3 is 11.8 Å². The lowest BCUT2D eigenvalue weighted by Gasteiger charge is -2.31. The first kappa shape index (κ1) is 18.6. The summed E-state index contributed by atoms with van der Waals surface area (Å²) in [5.41, 5.74) is 1.68. The molecular weight excluding hydrogens is 346 g/mol. The van der Waals surface area contributed by atoms with Gasteiger partial charge in [-0.1, -0.05) is 18.2 Å². The Morgan fingerprint density at radius 2 is 1.96 bits per heavy atom. The molecule has 2 N–H and O–H groups in total. The molecule has 2 heterocycles. The van der Waals surface area contributed by atoms with Gasteiger partial charge in [0.2, 0.25) is 0 Å². The summed E-state index contributed by atoms with van der Waals surface area (Å²) in [4.78, 5) is 27.7. The van der Waals surface area contributed by atoms with Crippen LogP contribution in [0.1, 0.15) is 29.2 Å². The molecule has 6 heteroatoms. The van der Waals surface area contributed by atoms with Crippen LogP contribution >= 0.6 is 11.3 Å². The molecule has 0 spiro atoms. The second-order valence-electron chi connectivity index (χ2n) is 6.71. The minimum Gasteiger partial charge on any atom is -0.347 e. The van der Waals surface area contributed by atoms with Crippen molar-refractivity contribution in [3.63, 3.8) is 0 Å². The van der Waals surface area contributed by atoms with Crippen molar-refractivity contribution in [2.45, 2.75) is 25.7 Å². The molecule has 1 saturated heterocycles. The zero-order chi connectivity index (χ0) is 18.4. The number of rotatable bonds is 5. The summed E-state index contributed by atoms with van der Waals surface area (Å²) in [6, 6.07) is 11.7. The number of aryl methyl sites for hydroxylation is 1. The Morgan fingerprint density at radius 1 is 1.15 bits per heavy atom. The van der Waals surface area contributed by atoms with E-state index in [0.29, 0.717) is 18.2 Å². The van der Waals surface area contributed by atoms with Gasteiger partial charge < -0.3 is 15.5 Å². The number of thiophene rings is 1. The monoisotopic (exact) mass is 371 g/mol. The highest BCUT2D eigenvalue weighted by Gasteiger charge is 2.21. The number of nitrogens with zero attached hydrogens (tertiary/aromatic N) is 1. The van der Waals surface area contributed by atoms with E-state index in [1.54, 1.807) is 6.07 Å². The molecule has 1 aromatic heterocycles. The molecule has 2 aromatic rings. The Balaban J connectivity index is 1.35. The van der Waals surface area contributed by atoms with E-state index in [9.17, 15) is 9.59 Å². The van der Waals surface area contributed by atoms with Crippen molar-refractivity contribution < 1.29 is 9.59 Å². The predicted molar refractivity (Wildman–Crippen MR) is 106 cm³/mol. The van der Waals surface area contributed by atoms with Crippen molar-refractivity contribution in [1.29, 1.82) is 0 Å². The zero-order valence-electron chi connectivity index (χ0n) is 15.0. The van der Waals surface area contributed by atoms with Gasteiger partial charge in [-0.15, -0.1) is 11.3 Å². The van der Waals surface area contributed by atoms with Crippen molar-refractivity contribution in [1.82, 2.24) is 10.2 Å². The molecule has 0 aliphatic carbocycles. The van der Waals surface area contributed by atoms with E-state index in [1.165, 1.54) is 4.88 Å². The molecular formula is C20H25N3O2S. The minimum atomic E-state index is -0.619. The molecule has 0 saturated carbocycles. The lowest BCUT2D eigenvalue weighted by molar-refractivity contribution is -0.136. The molecule has 2 amide bonds. The standard InChI is InChI=1S/C20H25N3O2S/c1-15-4-2-5-17(14-15)22-20(25)19(24)21-9-12-23-10-7-16(8-11-23)18-6-3-13-26-18/h2-6,13-14,16H,7-12H2,1H3,(H,21,24)(H,22,25). The molecule has 3 rings (SSSR count). The van der Waals surface area contributed by atoms with Crippen molar-refractivity contribution in [3.05, 3.63) is 52.2 Å². The van der Waals surface area contributed by atoms with Crippen LogP contribution in [0.25, 0.3) is 0 Å². The van der Waals surface area contributed by atoms with E-state index in [0.717, 1.165) is 38.0 Å².